The van der Waals surface area contributed by atoms with Gasteiger partial charge in [0.2, 0.25) is 0 Å². The van der Waals surface area contributed by atoms with Crippen LogP contribution in [0.1, 0.15) is 18.9 Å². The second-order valence-corrected chi connectivity index (χ2v) is 7.84. The van der Waals surface area contributed by atoms with E-state index in [9.17, 15) is 14.4 Å². The van der Waals surface area contributed by atoms with Crippen LogP contribution in [0.3, 0.4) is 0 Å². The van der Waals surface area contributed by atoms with Crippen LogP contribution in [0.5, 0.6) is 5.75 Å². The Morgan fingerprint density at radius 1 is 1.36 bits per heavy atom. The van der Waals surface area contributed by atoms with Gasteiger partial charge in [-0.2, -0.15) is 0 Å². The van der Waals surface area contributed by atoms with Gasteiger partial charge < -0.3 is 14.2 Å². The Bertz CT molecular complexity index is 777. The van der Waals surface area contributed by atoms with Crippen molar-refractivity contribution in [1.29, 1.82) is 0 Å². The smallest absolute Gasteiger partial charge is 0.344 e. The first-order valence-corrected chi connectivity index (χ1v) is 10.4. The maximum absolute atomic E-state index is 12.4. The van der Waals surface area contributed by atoms with Crippen LogP contribution in [0.15, 0.2) is 21.5 Å². The summed E-state index contributed by atoms with van der Waals surface area (Å²) in [5.74, 6) is -0.558. The van der Waals surface area contributed by atoms with Crippen LogP contribution in [0.2, 0.25) is 5.02 Å². The quantitative estimate of drug-likeness (QED) is 0.291. The number of nitrogens with zero attached hydrogens (tertiary/aromatic N) is 1. The van der Waals surface area contributed by atoms with Gasteiger partial charge in [0.1, 0.15) is 0 Å². The minimum absolute atomic E-state index is 0.254. The maximum atomic E-state index is 12.4. The van der Waals surface area contributed by atoms with Crippen molar-refractivity contribution in [3.8, 4) is 5.75 Å². The molecule has 2 amide bonds. The number of ether oxygens (including phenoxy) is 3. The van der Waals surface area contributed by atoms with E-state index in [-0.39, 0.29) is 29.4 Å². The van der Waals surface area contributed by atoms with Gasteiger partial charge in [-0.15, -0.1) is 0 Å². The number of thioether (sulfide) groups is 1. The summed E-state index contributed by atoms with van der Waals surface area (Å²) in [5, 5.41) is -0.0591. The fourth-order valence-corrected chi connectivity index (χ4v) is 4.20. The molecule has 0 spiro atoms. The number of imide groups is 1. The van der Waals surface area contributed by atoms with Crippen LogP contribution in [-0.4, -0.2) is 55.5 Å². The van der Waals surface area contributed by atoms with Crippen LogP contribution < -0.4 is 4.74 Å². The highest BCUT2D eigenvalue weighted by atomic mass is 79.9. The summed E-state index contributed by atoms with van der Waals surface area (Å²) in [6.07, 6.45) is 2.17. The highest BCUT2D eigenvalue weighted by Crippen LogP contribution is 2.37. The highest BCUT2D eigenvalue weighted by molar-refractivity contribution is 9.10. The van der Waals surface area contributed by atoms with Crippen molar-refractivity contribution >= 4 is 62.5 Å². The average Bonchev–Trinajstić information content (AvgIpc) is 2.88. The van der Waals surface area contributed by atoms with Crippen molar-refractivity contribution in [1.82, 2.24) is 4.90 Å². The summed E-state index contributed by atoms with van der Waals surface area (Å²) in [6, 6.07) is 3.27. The molecule has 0 atom stereocenters. The lowest BCUT2D eigenvalue weighted by Crippen LogP contribution is -2.29. The van der Waals surface area contributed by atoms with E-state index in [1.807, 2.05) is 0 Å². The topological polar surface area (TPSA) is 82.1 Å². The fraction of sp³-hybridized carbons (Fsp3) is 0.389. The van der Waals surface area contributed by atoms with Gasteiger partial charge in [0.25, 0.3) is 11.1 Å². The maximum Gasteiger partial charge on any atom is 0.344 e. The van der Waals surface area contributed by atoms with Crippen molar-refractivity contribution in [2.75, 3.05) is 33.5 Å². The molecule has 0 radical (unpaired) electrons. The Labute approximate surface area is 180 Å². The van der Waals surface area contributed by atoms with E-state index < -0.39 is 5.97 Å². The first kappa shape index (κ1) is 22.7. The van der Waals surface area contributed by atoms with Crippen molar-refractivity contribution < 1.29 is 28.6 Å². The summed E-state index contributed by atoms with van der Waals surface area (Å²) in [7, 11) is 1.56. The van der Waals surface area contributed by atoms with Gasteiger partial charge >= 0.3 is 5.97 Å². The summed E-state index contributed by atoms with van der Waals surface area (Å²) in [6.45, 7) is 2.47. The van der Waals surface area contributed by atoms with Gasteiger partial charge in [-0.25, -0.2) is 4.79 Å². The molecule has 10 heteroatoms. The van der Waals surface area contributed by atoms with Crippen LogP contribution in [0.25, 0.3) is 6.08 Å². The van der Waals surface area contributed by atoms with E-state index in [2.05, 4.69) is 15.9 Å². The monoisotopic (exact) mass is 491 g/mol. The first-order chi connectivity index (χ1) is 13.4. The van der Waals surface area contributed by atoms with Gasteiger partial charge in [-0.1, -0.05) is 11.6 Å². The number of rotatable bonds is 9. The molecule has 28 heavy (non-hydrogen) atoms. The Morgan fingerprint density at radius 3 is 2.75 bits per heavy atom. The van der Waals surface area contributed by atoms with Crippen LogP contribution >= 0.6 is 39.3 Å². The molecule has 152 valence electrons. The number of benzene rings is 1. The molecule has 1 aromatic carbocycles. The molecule has 1 saturated heterocycles. The molecule has 0 unspecified atom stereocenters. The zero-order chi connectivity index (χ0) is 20.7. The van der Waals surface area contributed by atoms with Gasteiger partial charge in [0, 0.05) is 20.3 Å². The number of esters is 1. The zero-order valence-electron chi connectivity index (χ0n) is 15.3. The molecule has 0 aromatic heterocycles. The summed E-state index contributed by atoms with van der Waals surface area (Å²) in [5.41, 5.74) is 0.614. The van der Waals surface area contributed by atoms with Gasteiger partial charge in [0.05, 0.1) is 21.0 Å². The van der Waals surface area contributed by atoms with Gasteiger partial charge in [-0.3, -0.25) is 14.5 Å². The molecule has 0 N–H and O–H groups in total. The standard InChI is InChI=1S/C18H19BrClNO6S/c1-3-26-15(22)10-27-16-12(19)7-11(8-13(16)20)9-14-17(23)21(18(24)28-14)5-4-6-25-2/h7-9H,3-6,10H2,1-2H3/b14-9+. The van der Waals surface area contributed by atoms with Crippen molar-refractivity contribution in [3.05, 3.63) is 32.1 Å². The third kappa shape index (κ3) is 5.97. The largest absolute Gasteiger partial charge is 0.479 e. The fourth-order valence-electron chi connectivity index (χ4n) is 2.35. The summed E-state index contributed by atoms with van der Waals surface area (Å²) >= 11 is 10.5. The van der Waals surface area contributed by atoms with Crippen LogP contribution in [0.4, 0.5) is 4.79 Å². The SMILES string of the molecule is CCOC(=O)COc1c(Cl)cc(/C=C2/SC(=O)N(CCCOC)C2=O)cc1Br. The van der Waals surface area contributed by atoms with E-state index in [0.29, 0.717) is 40.3 Å². The lowest BCUT2D eigenvalue weighted by Gasteiger charge is -2.11. The lowest BCUT2D eigenvalue weighted by atomic mass is 10.2. The minimum Gasteiger partial charge on any atom is -0.479 e. The minimum atomic E-state index is -0.503. The van der Waals surface area contributed by atoms with Gasteiger partial charge in [-0.05, 0) is 64.8 Å². The number of halogens is 2. The first-order valence-electron chi connectivity index (χ1n) is 8.39. The Hall–Kier alpha value is -1.55. The molecule has 7 nitrogen and oxygen atoms in total. The number of carbonyl (C=O) groups is 3. The molecule has 1 heterocycles. The number of amides is 2. The number of carbonyl (C=O) groups excluding carboxylic acids is 3. The molecular formula is C18H19BrClNO6S. The zero-order valence-corrected chi connectivity index (χ0v) is 18.5. The second-order valence-electron chi connectivity index (χ2n) is 5.59. The van der Waals surface area contributed by atoms with E-state index in [0.717, 1.165) is 11.8 Å². The van der Waals surface area contributed by atoms with E-state index in [1.54, 1.807) is 32.2 Å². The van der Waals surface area contributed by atoms with Crippen LogP contribution in [0, 0.1) is 0 Å². The molecule has 0 aliphatic carbocycles. The van der Waals surface area contributed by atoms with Crippen molar-refractivity contribution in [2.45, 2.75) is 13.3 Å². The number of methoxy groups -OCH3 is 1. The molecular weight excluding hydrogens is 474 g/mol. The normalized spacial score (nSPS) is 15.4. The van der Waals surface area contributed by atoms with E-state index in [4.69, 9.17) is 25.8 Å². The molecule has 1 aliphatic heterocycles. The van der Waals surface area contributed by atoms with E-state index >= 15 is 0 Å². The Morgan fingerprint density at radius 2 is 2.11 bits per heavy atom. The molecule has 0 bridgehead atoms. The molecule has 1 aliphatic rings. The summed E-state index contributed by atoms with van der Waals surface area (Å²) < 4.78 is 15.7. The Balaban J connectivity index is 2.12. The Kier molecular flexibility index (Phi) is 8.81. The highest BCUT2D eigenvalue weighted by Gasteiger charge is 2.34. The van der Waals surface area contributed by atoms with E-state index in [1.165, 1.54) is 4.90 Å². The van der Waals surface area contributed by atoms with Crippen LogP contribution in [-0.2, 0) is 19.1 Å². The lowest BCUT2D eigenvalue weighted by molar-refractivity contribution is -0.145. The molecule has 1 aromatic rings. The third-order valence-corrected chi connectivity index (χ3v) is 5.34. The summed E-state index contributed by atoms with van der Waals surface area (Å²) in [4.78, 5) is 37.4. The number of hydrogen-bond donors (Lipinski definition) is 0. The second kappa shape index (κ2) is 10.8. The van der Waals surface area contributed by atoms with Crippen molar-refractivity contribution in [3.63, 3.8) is 0 Å². The molecule has 1 fully saturated rings. The number of hydrogen-bond acceptors (Lipinski definition) is 7. The predicted molar refractivity (Wildman–Crippen MR) is 110 cm³/mol. The third-order valence-electron chi connectivity index (χ3n) is 3.56. The molecule has 2 rings (SSSR count). The molecule has 0 saturated carbocycles. The predicted octanol–water partition coefficient (Wildman–Crippen LogP) is 4.12. The van der Waals surface area contributed by atoms with Gasteiger partial charge in [0.15, 0.2) is 12.4 Å². The van der Waals surface area contributed by atoms with Crippen molar-refractivity contribution in [2.24, 2.45) is 0 Å². The average molecular weight is 493 g/mol.